The Bertz CT molecular complexity index is 1230. The molecule has 2 aliphatic heterocycles. The molecule has 1 saturated carbocycles. The predicted molar refractivity (Wildman–Crippen MR) is 137 cm³/mol. The maximum atomic E-state index is 13.2. The number of sulfone groups is 1. The Hall–Kier alpha value is -2.93. The second kappa shape index (κ2) is 11.2. The highest BCUT2D eigenvalue weighted by Crippen LogP contribution is 2.33. The summed E-state index contributed by atoms with van der Waals surface area (Å²) in [6, 6.07) is 6.60. The van der Waals surface area contributed by atoms with Gasteiger partial charge in [-0.3, -0.25) is 14.7 Å². The fourth-order valence-corrected chi connectivity index (χ4v) is 6.04. The number of hydrogen-bond acceptors (Lipinski definition) is 10. The summed E-state index contributed by atoms with van der Waals surface area (Å²) in [6.07, 6.45) is 4.98. The van der Waals surface area contributed by atoms with Gasteiger partial charge in [-0.2, -0.15) is 0 Å². The molecular weight excluding hydrogens is 496 g/mol. The average Bonchev–Trinajstić information content (AvgIpc) is 3.63. The van der Waals surface area contributed by atoms with Crippen LogP contribution in [0.15, 0.2) is 46.7 Å². The number of anilines is 1. The summed E-state index contributed by atoms with van der Waals surface area (Å²) in [6.45, 7) is 6.63. The van der Waals surface area contributed by atoms with Crippen LogP contribution in [0.5, 0.6) is 0 Å². The Morgan fingerprint density at radius 2 is 2.03 bits per heavy atom. The zero-order valence-corrected chi connectivity index (χ0v) is 21.6. The molecule has 3 aliphatic rings. The lowest BCUT2D eigenvalue weighted by atomic mass is 10.1. The number of benzene rings is 1. The van der Waals surface area contributed by atoms with Gasteiger partial charge in [-0.05, 0) is 31.9 Å². The molecule has 0 bridgehead atoms. The van der Waals surface area contributed by atoms with Gasteiger partial charge in [0.1, 0.15) is 0 Å². The lowest BCUT2D eigenvalue weighted by molar-refractivity contribution is -0.110. The van der Waals surface area contributed by atoms with Gasteiger partial charge < -0.3 is 20.2 Å². The fourth-order valence-electron chi connectivity index (χ4n) is 4.38. The van der Waals surface area contributed by atoms with Gasteiger partial charge in [-0.15, -0.1) is 0 Å². The Kier molecular flexibility index (Phi) is 7.79. The van der Waals surface area contributed by atoms with Crippen LogP contribution in [0.25, 0.3) is 0 Å². The minimum absolute atomic E-state index is 0.0166. The molecule has 11 nitrogen and oxygen atoms in total. The van der Waals surface area contributed by atoms with Crippen LogP contribution in [-0.4, -0.2) is 85.1 Å². The number of ether oxygens (including phenoxy) is 1. The van der Waals surface area contributed by atoms with Crippen molar-refractivity contribution in [1.82, 2.24) is 20.2 Å². The van der Waals surface area contributed by atoms with E-state index in [1.54, 1.807) is 18.3 Å². The van der Waals surface area contributed by atoms with Crippen LogP contribution < -0.4 is 10.6 Å². The summed E-state index contributed by atoms with van der Waals surface area (Å²) < 4.78 is 30.4. The topological polar surface area (TPSA) is 135 Å². The monoisotopic (exact) mass is 528 g/mol. The SMILES string of the molecule is C[C@H]1CN(Cc2cnc(NC(=O)/C(=N/O[C@@H]3CCOC3)c3ccc(S(=O)(=O)C4CC4)cc3)cn2)CCN1. The fraction of sp³-hybridized carbons (Fsp3) is 0.520. The number of amides is 1. The Labute approximate surface area is 216 Å². The summed E-state index contributed by atoms with van der Waals surface area (Å²) in [4.78, 5) is 30.1. The maximum absolute atomic E-state index is 13.2. The van der Waals surface area contributed by atoms with Gasteiger partial charge in [0.05, 0.1) is 41.4 Å². The largest absolute Gasteiger partial charge is 0.389 e. The summed E-state index contributed by atoms with van der Waals surface area (Å²) in [5.41, 5.74) is 1.27. The van der Waals surface area contributed by atoms with E-state index in [1.807, 2.05) is 0 Å². The van der Waals surface area contributed by atoms with Crippen molar-refractivity contribution in [2.24, 2.45) is 5.16 Å². The van der Waals surface area contributed by atoms with Crippen LogP contribution in [0.4, 0.5) is 5.82 Å². The van der Waals surface area contributed by atoms with Gasteiger partial charge in [0.15, 0.2) is 27.5 Å². The van der Waals surface area contributed by atoms with Crippen molar-refractivity contribution in [2.75, 3.05) is 38.2 Å². The lowest BCUT2D eigenvalue weighted by Crippen LogP contribution is -2.48. The van der Waals surface area contributed by atoms with Gasteiger partial charge in [-0.1, -0.05) is 17.3 Å². The molecule has 1 amide bonds. The average molecular weight is 529 g/mol. The van der Waals surface area contributed by atoms with E-state index >= 15 is 0 Å². The number of oxime groups is 1. The molecular formula is C25H32N6O5S. The molecule has 2 N–H and O–H groups in total. The Balaban J connectivity index is 1.29. The number of nitrogens with one attached hydrogen (secondary N) is 2. The molecule has 12 heteroatoms. The van der Waals surface area contributed by atoms with E-state index < -0.39 is 15.7 Å². The van der Waals surface area contributed by atoms with Crippen LogP contribution >= 0.6 is 0 Å². The van der Waals surface area contributed by atoms with E-state index in [0.717, 1.165) is 25.3 Å². The molecule has 2 saturated heterocycles. The first kappa shape index (κ1) is 25.7. The molecule has 0 spiro atoms. The third kappa shape index (κ3) is 6.50. The van der Waals surface area contributed by atoms with Crippen molar-refractivity contribution in [3.8, 4) is 0 Å². The van der Waals surface area contributed by atoms with E-state index in [4.69, 9.17) is 9.57 Å². The van der Waals surface area contributed by atoms with Crippen molar-refractivity contribution in [3.05, 3.63) is 47.9 Å². The number of piperazine rings is 1. The van der Waals surface area contributed by atoms with Gasteiger partial charge in [-0.25, -0.2) is 13.4 Å². The van der Waals surface area contributed by atoms with Crippen molar-refractivity contribution in [1.29, 1.82) is 0 Å². The molecule has 1 aromatic heterocycles. The van der Waals surface area contributed by atoms with E-state index in [0.29, 0.717) is 50.6 Å². The highest BCUT2D eigenvalue weighted by molar-refractivity contribution is 7.92. The number of rotatable bonds is 9. The van der Waals surface area contributed by atoms with Gasteiger partial charge >= 0.3 is 0 Å². The number of aromatic nitrogens is 2. The normalized spacial score (nSPS) is 23.1. The molecule has 37 heavy (non-hydrogen) atoms. The molecule has 3 heterocycles. The smallest absolute Gasteiger partial charge is 0.279 e. The predicted octanol–water partition coefficient (Wildman–Crippen LogP) is 1.35. The first-order valence-corrected chi connectivity index (χ1v) is 14.2. The lowest BCUT2D eigenvalue weighted by Gasteiger charge is -2.31. The minimum atomic E-state index is -3.33. The van der Waals surface area contributed by atoms with Gasteiger partial charge in [0.25, 0.3) is 5.91 Å². The first-order valence-electron chi connectivity index (χ1n) is 12.6. The van der Waals surface area contributed by atoms with Crippen LogP contribution in [0, 0.1) is 0 Å². The molecule has 2 atom stereocenters. The highest BCUT2D eigenvalue weighted by Gasteiger charge is 2.36. The van der Waals surface area contributed by atoms with Crippen LogP contribution in [0.3, 0.4) is 0 Å². The molecule has 198 valence electrons. The molecule has 0 radical (unpaired) electrons. The zero-order valence-electron chi connectivity index (χ0n) is 20.8. The quantitative estimate of drug-likeness (QED) is 0.365. The second-order valence-electron chi connectivity index (χ2n) is 9.74. The molecule has 0 unspecified atom stereocenters. The Morgan fingerprint density at radius 3 is 2.68 bits per heavy atom. The highest BCUT2D eigenvalue weighted by atomic mass is 32.2. The Morgan fingerprint density at radius 1 is 1.22 bits per heavy atom. The zero-order chi connectivity index (χ0) is 25.8. The summed E-state index contributed by atoms with van der Waals surface area (Å²) >= 11 is 0. The third-order valence-electron chi connectivity index (χ3n) is 6.60. The summed E-state index contributed by atoms with van der Waals surface area (Å²) in [5.74, 6) is -0.248. The van der Waals surface area contributed by atoms with E-state index in [9.17, 15) is 13.2 Å². The molecule has 1 aliphatic carbocycles. The third-order valence-corrected chi connectivity index (χ3v) is 8.88. The number of hydrogen-bond donors (Lipinski definition) is 2. The van der Waals surface area contributed by atoms with E-state index in [-0.39, 0.29) is 27.8 Å². The number of nitrogens with zero attached hydrogens (tertiary/aromatic N) is 4. The van der Waals surface area contributed by atoms with Crippen LogP contribution in [0.1, 0.15) is 37.4 Å². The summed E-state index contributed by atoms with van der Waals surface area (Å²) in [7, 11) is -3.33. The molecule has 5 rings (SSSR count). The standard InChI is InChI=1S/C25H32N6O5S/c1-17-14-31(10-9-26-17)15-19-12-28-23(13-27-19)29-25(32)24(30-36-20-8-11-35-16-20)18-2-4-21(5-3-18)37(33,34)22-6-7-22/h2-5,12-13,17,20,22,26H,6-11,14-16H2,1H3,(H,28,29,32)/b30-24+/t17-,20+/m0/s1. The van der Waals surface area contributed by atoms with Crippen molar-refractivity contribution >= 4 is 27.3 Å². The maximum Gasteiger partial charge on any atom is 0.279 e. The van der Waals surface area contributed by atoms with Crippen molar-refractivity contribution in [2.45, 2.75) is 55.0 Å². The van der Waals surface area contributed by atoms with Gasteiger partial charge in [0, 0.05) is 44.2 Å². The summed E-state index contributed by atoms with van der Waals surface area (Å²) in [5, 5.41) is 9.96. The van der Waals surface area contributed by atoms with E-state index in [2.05, 4.69) is 37.6 Å². The second-order valence-corrected chi connectivity index (χ2v) is 12.0. The molecule has 2 aromatic rings. The molecule has 3 fully saturated rings. The van der Waals surface area contributed by atoms with Crippen LogP contribution in [0.2, 0.25) is 0 Å². The van der Waals surface area contributed by atoms with Crippen molar-refractivity contribution < 1.29 is 22.8 Å². The van der Waals surface area contributed by atoms with Crippen LogP contribution in [-0.2, 0) is 30.8 Å². The van der Waals surface area contributed by atoms with Gasteiger partial charge in [0.2, 0.25) is 0 Å². The van der Waals surface area contributed by atoms with E-state index in [1.165, 1.54) is 18.3 Å². The first-order chi connectivity index (χ1) is 17.9. The number of carbonyl (C=O) groups excluding carboxylic acids is 1. The van der Waals surface area contributed by atoms with Crippen molar-refractivity contribution in [3.63, 3.8) is 0 Å². The molecule has 1 aromatic carbocycles. The number of carbonyl (C=O) groups is 1. The minimum Gasteiger partial charge on any atom is -0.389 e.